The fourth-order valence-corrected chi connectivity index (χ4v) is 3.49. The molecule has 0 aliphatic heterocycles. The molecule has 0 atom stereocenters. The van der Waals surface area contributed by atoms with Gasteiger partial charge in [-0.05, 0) is 49.4 Å². The lowest BCUT2D eigenvalue weighted by atomic mass is 9.93. The second-order valence-electron chi connectivity index (χ2n) is 7.12. The third kappa shape index (κ3) is 4.26. The Morgan fingerprint density at radius 2 is 1.89 bits per heavy atom. The normalized spacial score (nSPS) is 19.3. The molecule has 0 radical (unpaired) electrons. The Labute approximate surface area is 163 Å². The minimum Gasteiger partial charge on any atom is -0.393 e. The van der Waals surface area contributed by atoms with Gasteiger partial charge >= 0.3 is 0 Å². The van der Waals surface area contributed by atoms with Crippen molar-refractivity contribution < 1.29 is 9.90 Å². The minimum atomic E-state index is -0.203. The lowest BCUT2D eigenvalue weighted by molar-refractivity contribution is 0.0952. The Bertz CT molecular complexity index is 955. The van der Waals surface area contributed by atoms with Crippen LogP contribution < -0.4 is 10.6 Å². The first-order valence-electron chi connectivity index (χ1n) is 9.56. The van der Waals surface area contributed by atoms with Gasteiger partial charge in [0.15, 0.2) is 0 Å². The molecule has 0 bridgehead atoms. The number of para-hydroxylation sites is 1. The molecule has 3 N–H and O–H groups in total. The molecule has 1 saturated carbocycles. The molecule has 2 heterocycles. The number of pyridine rings is 1. The zero-order valence-electron chi connectivity index (χ0n) is 15.5. The molecule has 1 aliphatic carbocycles. The van der Waals surface area contributed by atoms with Crippen LogP contribution in [0.15, 0.2) is 48.9 Å². The van der Waals surface area contributed by atoms with Crippen molar-refractivity contribution in [3.63, 3.8) is 0 Å². The number of amides is 1. The standard InChI is InChI=1S/C21H23N5O2/c27-17-6-4-16(5-7-17)25-21-24-13-15-2-1-3-18(19(15)26-21)20(28)23-12-14-8-10-22-11-9-14/h1-3,8-11,13,16-17,27H,4-7,12H2,(H,23,28)(H,24,25,26). The van der Waals surface area contributed by atoms with Crippen LogP contribution in [0, 0.1) is 0 Å². The van der Waals surface area contributed by atoms with Gasteiger partial charge in [0.25, 0.3) is 5.91 Å². The van der Waals surface area contributed by atoms with E-state index in [0.717, 1.165) is 36.6 Å². The summed E-state index contributed by atoms with van der Waals surface area (Å²) < 4.78 is 0. The van der Waals surface area contributed by atoms with Crippen LogP contribution in [0.3, 0.4) is 0 Å². The molecule has 1 fully saturated rings. The Morgan fingerprint density at radius 3 is 2.68 bits per heavy atom. The lowest BCUT2D eigenvalue weighted by Gasteiger charge is -2.26. The molecular formula is C21H23N5O2. The van der Waals surface area contributed by atoms with Crippen molar-refractivity contribution in [3.8, 4) is 0 Å². The number of hydrogen-bond acceptors (Lipinski definition) is 6. The molecule has 0 spiro atoms. The highest BCUT2D eigenvalue weighted by Gasteiger charge is 2.20. The van der Waals surface area contributed by atoms with E-state index in [1.54, 1.807) is 24.7 Å². The summed E-state index contributed by atoms with van der Waals surface area (Å²) in [4.78, 5) is 25.7. The minimum absolute atomic E-state index is 0.173. The highest BCUT2D eigenvalue weighted by atomic mass is 16.3. The number of aromatic nitrogens is 3. The number of carbonyl (C=O) groups excluding carboxylic acids is 1. The van der Waals surface area contributed by atoms with Gasteiger partial charge in [0, 0.05) is 36.6 Å². The average molecular weight is 377 g/mol. The summed E-state index contributed by atoms with van der Waals surface area (Å²) in [6, 6.07) is 9.49. The summed E-state index contributed by atoms with van der Waals surface area (Å²) >= 11 is 0. The molecule has 7 heteroatoms. The predicted octanol–water partition coefficient (Wildman–Crippen LogP) is 2.67. The van der Waals surface area contributed by atoms with Crippen LogP contribution in [-0.2, 0) is 6.54 Å². The van der Waals surface area contributed by atoms with E-state index in [4.69, 9.17) is 0 Å². The van der Waals surface area contributed by atoms with Crippen molar-refractivity contribution in [2.75, 3.05) is 5.32 Å². The fraction of sp³-hybridized carbons (Fsp3) is 0.333. The van der Waals surface area contributed by atoms with Gasteiger partial charge in [0.1, 0.15) is 0 Å². The molecule has 2 aromatic heterocycles. The van der Waals surface area contributed by atoms with Crippen LogP contribution in [0.1, 0.15) is 41.6 Å². The Hall–Kier alpha value is -3.06. The zero-order valence-corrected chi connectivity index (χ0v) is 15.5. The summed E-state index contributed by atoms with van der Waals surface area (Å²) in [5.74, 6) is 0.344. The number of rotatable bonds is 5. The number of anilines is 1. The van der Waals surface area contributed by atoms with E-state index in [2.05, 4.69) is 25.6 Å². The third-order valence-corrected chi connectivity index (χ3v) is 5.09. The maximum atomic E-state index is 12.7. The van der Waals surface area contributed by atoms with Crippen LogP contribution >= 0.6 is 0 Å². The van der Waals surface area contributed by atoms with Gasteiger partial charge in [-0.1, -0.05) is 12.1 Å². The van der Waals surface area contributed by atoms with Crippen LogP contribution in [-0.4, -0.2) is 38.1 Å². The number of nitrogens with one attached hydrogen (secondary N) is 2. The van der Waals surface area contributed by atoms with Crippen molar-refractivity contribution in [2.24, 2.45) is 0 Å². The molecular weight excluding hydrogens is 354 g/mol. The van der Waals surface area contributed by atoms with Crippen molar-refractivity contribution >= 4 is 22.8 Å². The van der Waals surface area contributed by atoms with E-state index in [-0.39, 0.29) is 18.1 Å². The van der Waals surface area contributed by atoms with E-state index in [0.29, 0.717) is 23.6 Å². The van der Waals surface area contributed by atoms with Gasteiger partial charge in [-0.3, -0.25) is 9.78 Å². The van der Waals surface area contributed by atoms with Gasteiger partial charge < -0.3 is 15.7 Å². The zero-order chi connectivity index (χ0) is 19.3. The van der Waals surface area contributed by atoms with Crippen LogP contribution in [0.5, 0.6) is 0 Å². The predicted molar refractivity (Wildman–Crippen MR) is 107 cm³/mol. The largest absolute Gasteiger partial charge is 0.393 e. The topological polar surface area (TPSA) is 100 Å². The first-order valence-corrected chi connectivity index (χ1v) is 9.56. The molecule has 3 aromatic rings. The summed E-state index contributed by atoms with van der Waals surface area (Å²) in [6.07, 6.45) is 8.28. The summed E-state index contributed by atoms with van der Waals surface area (Å²) in [5, 5.41) is 16.8. The second kappa shape index (κ2) is 8.31. The van der Waals surface area contributed by atoms with Gasteiger partial charge in [0.05, 0.1) is 17.2 Å². The number of benzene rings is 1. The Balaban J connectivity index is 1.52. The first-order chi connectivity index (χ1) is 13.7. The molecule has 28 heavy (non-hydrogen) atoms. The van der Waals surface area contributed by atoms with E-state index in [1.165, 1.54) is 0 Å². The fourth-order valence-electron chi connectivity index (χ4n) is 3.49. The monoisotopic (exact) mass is 377 g/mol. The van der Waals surface area contributed by atoms with E-state index in [1.807, 2.05) is 24.3 Å². The van der Waals surface area contributed by atoms with Crippen molar-refractivity contribution in [1.29, 1.82) is 0 Å². The average Bonchev–Trinajstić information content (AvgIpc) is 2.74. The smallest absolute Gasteiger partial charge is 0.253 e. The molecule has 1 aliphatic rings. The SMILES string of the molecule is O=C(NCc1ccncc1)c1cccc2cnc(NC3CCC(O)CC3)nc12. The van der Waals surface area contributed by atoms with Crippen molar-refractivity contribution in [1.82, 2.24) is 20.3 Å². The van der Waals surface area contributed by atoms with Gasteiger partial charge in [-0.25, -0.2) is 9.97 Å². The summed E-state index contributed by atoms with van der Waals surface area (Å²) in [5.41, 5.74) is 2.14. The highest BCUT2D eigenvalue weighted by molar-refractivity contribution is 6.05. The lowest BCUT2D eigenvalue weighted by Crippen LogP contribution is -2.29. The second-order valence-corrected chi connectivity index (χ2v) is 7.12. The molecule has 0 unspecified atom stereocenters. The van der Waals surface area contributed by atoms with E-state index in [9.17, 15) is 9.90 Å². The molecule has 1 aromatic carbocycles. The van der Waals surface area contributed by atoms with Gasteiger partial charge in [0.2, 0.25) is 5.95 Å². The Kier molecular flexibility index (Phi) is 5.43. The first kappa shape index (κ1) is 18.3. The molecule has 7 nitrogen and oxygen atoms in total. The van der Waals surface area contributed by atoms with Crippen LogP contribution in [0.4, 0.5) is 5.95 Å². The Morgan fingerprint density at radius 1 is 1.11 bits per heavy atom. The molecule has 1 amide bonds. The van der Waals surface area contributed by atoms with E-state index < -0.39 is 0 Å². The molecule has 0 saturated heterocycles. The van der Waals surface area contributed by atoms with Crippen LogP contribution in [0.25, 0.3) is 10.9 Å². The molecule has 144 valence electrons. The van der Waals surface area contributed by atoms with Crippen LogP contribution in [0.2, 0.25) is 0 Å². The number of carbonyl (C=O) groups is 1. The maximum Gasteiger partial charge on any atom is 0.253 e. The maximum absolute atomic E-state index is 12.7. The third-order valence-electron chi connectivity index (χ3n) is 5.09. The van der Waals surface area contributed by atoms with Gasteiger partial charge in [-0.2, -0.15) is 0 Å². The molecule has 4 rings (SSSR count). The number of nitrogens with zero attached hydrogens (tertiary/aromatic N) is 3. The summed E-state index contributed by atoms with van der Waals surface area (Å²) in [6.45, 7) is 0.429. The number of aliphatic hydroxyl groups is 1. The summed E-state index contributed by atoms with van der Waals surface area (Å²) in [7, 11) is 0. The highest BCUT2D eigenvalue weighted by Crippen LogP contribution is 2.22. The quantitative estimate of drug-likeness (QED) is 0.632. The van der Waals surface area contributed by atoms with E-state index >= 15 is 0 Å². The van der Waals surface area contributed by atoms with Gasteiger partial charge in [-0.15, -0.1) is 0 Å². The number of fused-ring (bicyclic) bond motifs is 1. The number of hydrogen-bond donors (Lipinski definition) is 3. The number of aliphatic hydroxyl groups excluding tert-OH is 1. The van der Waals surface area contributed by atoms with Crippen molar-refractivity contribution in [3.05, 3.63) is 60.0 Å². The van der Waals surface area contributed by atoms with Crippen molar-refractivity contribution in [2.45, 2.75) is 44.4 Å².